The summed E-state index contributed by atoms with van der Waals surface area (Å²) < 4.78 is 15.1. The maximum absolute atomic E-state index is 15.1. The second kappa shape index (κ2) is 7.06. The number of halogens is 2. The summed E-state index contributed by atoms with van der Waals surface area (Å²) in [7, 11) is 0. The van der Waals surface area contributed by atoms with Gasteiger partial charge in [-0.2, -0.15) is 0 Å². The molecule has 0 aliphatic carbocycles. The highest BCUT2D eigenvalue weighted by Crippen LogP contribution is 2.30. The molecule has 0 bridgehead atoms. The largest absolute Gasteiger partial charge is 0.223 e. The average Bonchev–Trinajstić information content (AvgIpc) is 2.71. The van der Waals surface area contributed by atoms with Gasteiger partial charge in [0.2, 0.25) is 5.28 Å². The number of benzene rings is 3. The van der Waals surface area contributed by atoms with Crippen LogP contribution in [0.5, 0.6) is 0 Å². The zero-order valence-corrected chi connectivity index (χ0v) is 14.5. The van der Waals surface area contributed by atoms with Crippen LogP contribution >= 0.6 is 11.6 Å². The van der Waals surface area contributed by atoms with Crippen LogP contribution in [0.15, 0.2) is 84.9 Å². The maximum Gasteiger partial charge on any atom is 0.223 e. The quantitative estimate of drug-likeness (QED) is 0.402. The second-order valence-electron chi connectivity index (χ2n) is 5.81. The van der Waals surface area contributed by atoms with Crippen molar-refractivity contribution < 1.29 is 4.39 Å². The molecule has 26 heavy (non-hydrogen) atoms. The smallest absolute Gasteiger partial charge is 0.215 e. The van der Waals surface area contributed by atoms with E-state index in [1.54, 1.807) is 12.1 Å². The van der Waals surface area contributed by atoms with Crippen molar-refractivity contribution >= 4 is 11.6 Å². The fourth-order valence-corrected chi connectivity index (χ4v) is 3.02. The molecule has 126 valence electrons. The van der Waals surface area contributed by atoms with E-state index in [1.807, 2.05) is 72.8 Å². The maximum atomic E-state index is 15.1. The van der Waals surface area contributed by atoms with Gasteiger partial charge < -0.3 is 0 Å². The summed E-state index contributed by atoms with van der Waals surface area (Å²) in [6.07, 6.45) is 0. The first-order chi connectivity index (χ1) is 12.7. The summed E-state index contributed by atoms with van der Waals surface area (Å²) in [6.45, 7) is 0. The van der Waals surface area contributed by atoms with Crippen LogP contribution < -0.4 is 0 Å². The topological polar surface area (TPSA) is 25.8 Å². The number of nitrogens with zero attached hydrogens (tertiary/aromatic N) is 2. The van der Waals surface area contributed by atoms with Crippen LogP contribution in [0, 0.1) is 5.82 Å². The summed E-state index contributed by atoms with van der Waals surface area (Å²) in [5, 5.41) is 0.0207. The summed E-state index contributed by atoms with van der Waals surface area (Å²) in [5.41, 5.74) is 3.87. The minimum absolute atomic E-state index is 0.0207. The fourth-order valence-electron chi connectivity index (χ4n) is 2.85. The predicted octanol–water partition coefficient (Wildman–Crippen LogP) is 6.27. The van der Waals surface area contributed by atoms with Gasteiger partial charge in [0.05, 0.1) is 0 Å². The second-order valence-corrected chi connectivity index (χ2v) is 6.15. The Hall–Kier alpha value is -3.04. The summed E-state index contributed by atoms with van der Waals surface area (Å²) in [4.78, 5) is 8.18. The molecule has 0 radical (unpaired) electrons. The van der Waals surface area contributed by atoms with E-state index in [2.05, 4.69) is 9.97 Å². The van der Waals surface area contributed by atoms with Gasteiger partial charge in [0.25, 0.3) is 0 Å². The zero-order chi connectivity index (χ0) is 17.9. The molecule has 0 amide bonds. The van der Waals surface area contributed by atoms with Gasteiger partial charge in [0.15, 0.2) is 5.82 Å². The third kappa shape index (κ3) is 3.22. The molecule has 0 spiro atoms. The lowest BCUT2D eigenvalue weighted by molar-refractivity contribution is 0.622. The number of rotatable bonds is 3. The Kier molecular flexibility index (Phi) is 4.46. The van der Waals surface area contributed by atoms with Crippen LogP contribution in [-0.4, -0.2) is 9.97 Å². The Morgan fingerprint density at radius 1 is 0.538 bits per heavy atom. The third-order valence-corrected chi connectivity index (χ3v) is 4.31. The normalized spacial score (nSPS) is 10.7. The van der Waals surface area contributed by atoms with E-state index < -0.39 is 5.82 Å². The van der Waals surface area contributed by atoms with Crippen LogP contribution in [-0.2, 0) is 0 Å². The van der Waals surface area contributed by atoms with E-state index >= 15 is 4.39 Å². The lowest BCUT2D eigenvalue weighted by Gasteiger charge is -2.09. The SMILES string of the molecule is Fc1c(-c2ccccc2)nc(Cl)nc1-c1ccc(-c2ccccc2)cc1. The molecule has 0 aliphatic rings. The third-order valence-electron chi connectivity index (χ3n) is 4.14. The molecule has 1 heterocycles. The van der Waals surface area contributed by atoms with Crippen LogP contribution in [0.2, 0.25) is 5.28 Å². The first-order valence-corrected chi connectivity index (χ1v) is 8.54. The van der Waals surface area contributed by atoms with Crippen LogP contribution in [0.3, 0.4) is 0 Å². The first-order valence-electron chi connectivity index (χ1n) is 8.17. The van der Waals surface area contributed by atoms with Crippen LogP contribution in [0.1, 0.15) is 0 Å². The fraction of sp³-hybridized carbons (Fsp3) is 0. The molecule has 2 nitrogen and oxygen atoms in total. The Labute approximate surface area is 156 Å². The van der Waals surface area contributed by atoms with Crippen molar-refractivity contribution in [3.8, 4) is 33.6 Å². The van der Waals surface area contributed by atoms with E-state index in [0.717, 1.165) is 11.1 Å². The molecule has 0 N–H and O–H groups in total. The van der Waals surface area contributed by atoms with E-state index in [-0.39, 0.29) is 16.7 Å². The van der Waals surface area contributed by atoms with Gasteiger partial charge in [0.1, 0.15) is 11.4 Å². The van der Waals surface area contributed by atoms with Gasteiger partial charge in [-0.25, -0.2) is 14.4 Å². The van der Waals surface area contributed by atoms with Crippen molar-refractivity contribution in [1.29, 1.82) is 0 Å². The molecular weight excluding hydrogens is 347 g/mol. The molecule has 4 aromatic rings. The standard InChI is InChI=1S/C22H14ClFN2/c23-22-25-20(17-9-5-2-6-10-17)19(24)21(26-22)18-13-11-16(12-14-18)15-7-3-1-4-8-15/h1-14H. The number of hydrogen-bond acceptors (Lipinski definition) is 2. The molecule has 4 rings (SSSR count). The minimum Gasteiger partial charge on any atom is -0.215 e. The van der Waals surface area contributed by atoms with Crippen molar-refractivity contribution in [2.45, 2.75) is 0 Å². The predicted molar refractivity (Wildman–Crippen MR) is 103 cm³/mol. The van der Waals surface area contributed by atoms with Crippen molar-refractivity contribution in [3.05, 3.63) is 96.0 Å². The zero-order valence-electron chi connectivity index (χ0n) is 13.7. The van der Waals surface area contributed by atoms with E-state index in [9.17, 15) is 0 Å². The van der Waals surface area contributed by atoms with Crippen LogP contribution in [0.25, 0.3) is 33.6 Å². The molecule has 0 aliphatic heterocycles. The average molecular weight is 361 g/mol. The van der Waals surface area contributed by atoms with Gasteiger partial charge in [-0.15, -0.1) is 0 Å². The van der Waals surface area contributed by atoms with Crippen molar-refractivity contribution in [2.24, 2.45) is 0 Å². The Morgan fingerprint density at radius 2 is 0.923 bits per heavy atom. The summed E-state index contributed by atoms with van der Waals surface area (Å²) >= 11 is 6.06. The van der Waals surface area contributed by atoms with Gasteiger partial charge in [-0.05, 0) is 22.7 Å². The monoisotopic (exact) mass is 360 g/mol. The molecule has 0 unspecified atom stereocenters. The molecule has 0 fully saturated rings. The van der Waals surface area contributed by atoms with Crippen LogP contribution in [0.4, 0.5) is 4.39 Å². The van der Waals surface area contributed by atoms with Gasteiger partial charge in [-0.1, -0.05) is 84.9 Å². The highest BCUT2D eigenvalue weighted by Gasteiger charge is 2.16. The lowest BCUT2D eigenvalue weighted by atomic mass is 10.0. The lowest BCUT2D eigenvalue weighted by Crippen LogP contribution is -1.98. The van der Waals surface area contributed by atoms with Crippen molar-refractivity contribution in [1.82, 2.24) is 9.97 Å². The Balaban J connectivity index is 1.78. The molecule has 0 atom stereocenters. The van der Waals surface area contributed by atoms with E-state index in [0.29, 0.717) is 11.1 Å². The minimum atomic E-state index is -0.479. The molecule has 1 aromatic heterocycles. The molecule has 0 saturated carbocycles. The summed E-state index contributed by atoms with van der Waals surface area (Å²) in [5.74, 6) is -0.479. The first kappa shape index (κ1) is 16.4. The van der Waals surface area contributed by atoms with E-state index in [1.165, 1.54) is 0 Å². The number of hydrogen-bond donors (Lipinski definition) is 0. The summed E-state index contributed by atoms with van der Waals surface area (Å²) in [6, 6.07) is 26.7. The molecule has 3 aromatic carbocycles. The Morgan fingerprint density at radius 3 is 1.46 bits per heavy atom. The van der Waals surface area contributed by atoms with Crippen molar-refractivity contribution in [2.75, 3.05) is 0 Å². The van der Waals surface area contributed by atoms with E-state index in [4.69, 9.17) is 11.6 Å². The number of aromatic nitrogens is 2. The van der Waals surface area contributed by atoms with Gasteiger partial charge in [-0.3, -0.25) is 0 Å². The molecular formula is C22H14ClFN2. The van der Waals surface area contributed by atoms with Crippen molar-refractivity contribution in [3.63, 3.8) is 0 Å². The Bertz CT molecular complexity index is 1030. The molecule has 0 saturated heterocycles. The highest BCUT2D eigenvalue weighted by atomic mass is 35.5. The molecule has 4 heteroatoms. The highest BCUT2D eigenvalue weighted by molar-refractivity contribution is 6.28. The van der Waals surface area contributed by atoms with Gasteiger partial charge in [0, 0.05) is 11.1 Å². The van der Waals surface area contributed by atoms with Gasteiger partial charge >= 0.3 is 0 Å².